The van der Waals surface area contributed by atoms with Crippen LogP contribution in [0.5, 0.6) is 0 Å². The van der Waals surface area contributed by atoms with Crippen LogP contribution >= 0.6 is 0 Å². The maximum absolute atomic E-state index is 13.2. The predicted octanol–water partition coefficient (Wildman–Crippen LogP) is 1.28. The van der Waals surface area contributed by atoms with Gasteiger partial charge in [-0.3, -0.25) is 9.59 Å². The number of fused-ring (bicyclic) bond motifs is 1. The maximum Gasteiger partial charge on any atom is 0.257 e. The fraction of sp³-hybridized carbons (Fsp3) is 0.368. The number of anilines is 1. The van der Waals surface area contributed by atoms with E-state index in [0.717, 1.165) is 18.5 Å². The monoisotopic (exact) mass is 351 g/mol. The van der Waals surface area contributed by atoms with E-state index in [9.17, 15) is 9.59 Å². The van der Waals surface area contributed by atoms with Crippen LogP contribution in [0.15, 0.2) is 36.5 Å². The zero-order valence-electron chi connectivity index (χ0n) is 14.6. The highest BCUT2D eigenvalue weighted by Crippen LogP contribution is 2.33. The summed E-state index contributed by atoms with van der Waals surface area (Å²) in [5.41, 5.74) is 7.52. The van der Waals surface area contributed by atoms with Crippen LogP contribution in [-0.4, -0.2) is 58.3 Å². The minimum Gasteiger partial charge on any atom is -0.368 e. The molecule has 1 aromatic carbocycles. The molecule has 7 nitrogen and oxygen atoms in total. The molecule has 0 aliphatic carbocycles. The van der Waals surface area contributed by atoms with Gasteiger partial charge in [0.15, 0.2) is 0 Å². The molecule has 2 aromatic rings. The summed E-state index contributed by atoms with van der Waals surface area (Å²) in [4.78, 5) is 37.4. The zero-order chi connectivity index (χ0) is 18.3. The summed E-state index contributed by atoms with van der Waals surface area (Å²) >= 11 is 0. The molecule has 2 atom stereocenters. The molecule has 0 radical (unpaired) electrons. The number of benzene rings is 1. The first kappa shape index (κ1) is 16.5. The minimum atomic E-state index is -0.145. The number of hydrogen-bond acceptors (Lipinski definition) is 5. The molecule has 2 fully saturated rings. The first-order chi connectivity index (χ1) is 12.5. The quantitative estimate of drug-likeness (QED) is 0.880. The van der Waals surface area contributed by atoms with Crippen LogP contribution in [0.25, 0.3) is 11.3 Å². The van der Waals surface area contributed by atoms with E-state index in [-0.39, 0.29) is 29.6 Å². The molecule has 3 heterocycles. The highest BCUT2D eigenvalue weighted by Gasteiger charge is 2.43. The SMILES string of the molecule is CN1CC[C@@H]2CN(C(=O)c3cnc(N)nc3-c3ccccc3)C[C@@H]2C1=O. The molecule has 0 bridgehead atoms. The number of nitrogens with zero attached hydrogens (tertiary/aromatic N) is 4. The van der Waals surface area contributed by atoms with Gasteiger partial charge in [0.25, 0.3) is 5.91 Å². The highest BCUT2D eigenvalue weighted by atomic mass is 16.2. The minimum absolute atomic E-state index is 0.104. The first-order valence-corrected chi connectivity index (χ1v) is 8.77. The van der Waals surface area contributed by atoms with Crippen LogP contribution in [0.4, 0.5) is 5.95 Å². The van der Waals surface area contributed by atoms with Gasteiger partial charge in [-0.1, -0.05) is 30.3 Å². The van der Waals surface area contributed by atoms with Gasteiger partial charge in [0, 0.05) is 38.4 Å². The Morgan fingerprint density at radius 1 is 1.23 bits per heavy atom. The smallest absolute Gasteiger partial charge is 0.257 e. The summed E-state index contributed by atoms with van der Waals surface area (Å²) in [5, 5.41) is 0. The van der Waals surface area contributed by atoms with Gasteiger partial charge < -0.3 is 15.5 Å². The van der Waals surface area contributed by atoms with E-state index in [1.54, 1.807) is 9.80 Å². The second-order valence-electron chi connectivity index (χ2n) is 6.98. The lowest BCUT2D eigenvalue weighted by Crippen LogP contribution is -2.42. The normalized spacial score (nSPS) is 22.4. The third-order valence-corrected chi connectivity index (χ3v) is 5.34. The second kappa shape index (κ2) is 6.40. The van der Waals surface area contributed by atoms with Gasteiger partial charge in [-0.25, -0.2) is 9.97 Å². The molecule has 2 aliphatic rings. The summed E-state index contributed by atoms with van der Waals surface area (Å²) in [5.74, 6) is 0.250. The molecular weight excluding hydrogens is 330 g/mol. The third kappa shape index (κ3) is 2.79. The maximum atomic E-state index is 13.2. The molecule has 0 saturated carbocycles. The number of nitrogen functional groups attached to an aromatic ring is 1. The molecule has 0 spiro atoms. The van der Waals surface area contributed by atoms with Gasteiger partial charge in [-0.2, -0.15) is 0 Å². The molecular formula is C19H21N5O2. The first-order valence-electron chi connectivity index (χ1n) is 8.77. The molecule has 7 heteroatoms. The number of hydrogen-bond donors (Lipinski definition) is 1. The molecule has 2 amide bonds. The van der Waals surface area contributed by atoms with Crippen molar-refractivity contribution in [3.05, 3.63) is 42.1 Å². The van der Waals surface area contributed by atoms with E-state index in [1.165, 1.54) is 6.20 Å². The van der Waals surface area contributed by atoms with Crippen molar-refractivity contribution in [1.82, 2.24) is 19.8 Å². The highest BCUT2D eigenvalue weighted by molar-refractivity contribution is 6.00. The van der Waals surface area contributed by atoms with Crippen LogP contribution in [0.1, 0.15) is 16.8 Å². The molecule has 2 N–H and O–H groups in total. The van der Waals surface area contributed by atoms with Crippen molar-refractivity contribution < 1.29 is 9.59 Å². The van der Waals surface area contributed by atoms with Gasteiger partial charge in [-0.05, 0) is 12.3 Å². The lowest BCUT2D eigenvalue weighted by molar-refractivity contribution is -0.137. The van der Waals surface area contributed by atoms with Crippen LogP contribution in [0, 0.1) is 11.8 Å². The molecule has 26 heavy (non-hydrogen) atoms. The van der Waals surface area contributed by atoms with E-state index in [1.807, 2.05) is 37.4 Å². The number of amides is 2. The number of carbonyl (C=O) groups is 2. The Morgan fingerprint density at radius 3 is 2.77 bits per heavy atom. The Hall–Kier alpha value is -2.96. The number of likely N-dealkylation sites (tertiary alicyclic amines) is 2. The number of nitrogens with two attached hydrogens (primary N) is 1. The Balaban J connectivity index is 1.65. The Kier molecular flexibility index (Phi) is 4.06. The Morgan fingerprint density at radius 2 is 2.00 bits per heavy atom. The van der Waals surface area contributed by atoms with Crippen molar-refractivity contribution in [2.24, 2.45) is 11.8 Å². The third-order valence-electron chi connectivity index (χ3n) is 5.34. The van der Waals surface area contributed by atoms with Crippen LogP contribution in [0.3, 0.4) is 0 Å². The average molecular weight is 351 g/mol. The van der Waals surface area contributed by atoms with Crippen molar-refractivity contribution in [2.75, 3.05) is 32.4 Å². The van der Waals surface area contributed by atoms with Gasteiger partial charge in [0.2, 0.25) is 11.9 Å². The number of aromatic nitrogens is 2. The average Bonchev–Trinajstić information content (AvgIpc) is 3.10. The van der Waals surface area contributed by atoms with Gasteiger partial charge in [-0.15, -0.1) is 0 Å². The largest absolute Gasteiger partial charge is 0.368 e. The van der Waals surface area contributed by atoms with E-state index in [2.05, 4.69) is 9.97 Å². The number of piperidine rings is 1. The van der Waals surface area contributed by atoms with Crippen molar-refractivity contribution in [1.29, 1.82) is 0 Å². The van der Waals surface area contributed by atoms with Crippen molar-refractivity contribution in [3.8, 4) is 11.3 Å². The fourth-order valence-corrected chi connectivity index (χ4v) is 3.90. The standard InChI is InChI=1S/C19H21N5O2/c1-23-8-7-13-10-24(11-15(13)17(23)25)18(26)14-9-21-19(20)22-16(14)12-5-3-2-4-6-12/h2-6,9,13,15H,7-8,10-11H2,1H3,(H2,20,21,22)/t13-,15+/m1/s1. The van der Waals surface area contributed by atoms with Crippen molar-refractivity contribution in [3.63, 3.8) is 0 Å². The van der Waals surface area contributed by atoms with Crippen molar-refractivity contribution >= 4 is 17.8 Å². The fourth-order valence-electron chi connectivity index (χ4n) is 3.90. The summed E-state index contributed by atoms with van der Waals surface area (Å²) in [6, 6.07) is 9.46. The molecule has 134 valence electrons. The Bertz CT molecular complexity index is 854. The molecule has 0 unspecified atom stereocenters. The molecule has 4 rings (SSSR count). The lowest BCUT2D eigenvalue weighted by atomic mass is 9.88. The van der Waals surface area contributed by atoms with E-state index in [0.29, 0.717) is 24.3 Å². The lowest BCUT2D eigenvalue weighted by Gasteiger charge is -2.30. The molecule has 2 aliphatic heterocycles. The summed E-state index contributed by atoms with van der Waals surface area (Å²) < 4.78 is 0. The van der Waals surface area contributed by atoms with Crippen LogP contribution in [-0.2, 0) is 4.79 Å². The summed E-state index contributed by atoms with van der Waals surface area (Å²) in [6.45, 7) is 1.80. The van der Waals surface area contributed by atoms with E-state index < -0.39 is 0 Å². The van der Waals surface area contributed by atoms with Gasteiger partial charge in [0.05, 0.1) is 17.2 Å². The summed E-state index contributed by atoms with van der Waals surface area (Å²) in [6.07, 6.45) is 2.42. The molecule has 2 saturated heterocycles. The van der Waals surface area contributed by atoms with Crippen LogP contribution in [0.2, 0.25) is 0 Å². The number of rotatable bonds is 2. The topological polar surface area (TPSA) is 92.4 Å². The molecule has 1 aromatic heterocycles. The zero-order valence-corrected chi connectivity index (χ0v) is 14.6. The Labute approximate surface area is 151 Å². The predicted molar refractivity (Wildman–Crippen MR) is 97.0 cm³/mol. The van der Waals surface area contributed by atoms with Crippen LogP contribution < -0.4 is 5.73 Å². The van der Waals surface area contributed by atoms with Gasteiger partial charge in [0.1, 0.15) is 0 Å². The van der Waals surface area contributed by atoms with E-state index in [4.69, 9.17) is 5.73 Å². The van der Waals surface area contributed by atoms with Gasteiger partial charge >= 0.3 is 0 Å². The second-order valence-corrected chi connectivity index (χ2v) is 6.98. The van der Waals surface area contributed by atoms with E-state index >= 15 is 0 Å². The number of carbonyl (C=O) groups excluding carboxylic acids is 2. The van der Waals surface area contributed by atoms with Crippen molar-refractivity contribution in [2.45, 2.75) is 6.42 Å². The summed E-state index contributed by atoms with van der Waals surface area (Å²) in [7, 11) is 1.82.